The third kappa shape index (κ3) is 1.58. The number of nitrogens with zero attached hydrogens (tertiary/aromatic N) is 1. The number of likely N-dealkylation sites (tertiary alicyclic amines) is 1. The standard InChI is InChI=1S/C15H17NO2/c1-10(11-6-3-2-4-7-11)16-14(17)12-8-5-9-13(12)15(16)18/h2-8,10,12-14,17H,9H2,1H3/t10-,12-,13+,14+/m0/s1. The van der Waals surface area contributed by atoms with Crippen molar-refractivity contribution < 1.29 is 9.90 Å². The first-order chi connectivity index (χ1) is 8.70. The lowest BCUT2D eigenvalue weighted by atomic mass is 9.98. The van der Waals surface area contributed by atoms with Crippen LogP contribution in [0.3, 0.4) is 0 Å². The topological polar surface area (TPSA) is 40.5 Å². The SMILES string of the molecule is C[C@@H](c1ccccc1)N1C(=O)[C@@H]2CC=C[C@@H]2[C@H]1O. The molecule has 3 heteroatoms. The summed E-state index contributed by atoms with van der Waals surface area (Å²) in [6.07, 6.45) is 4.06. The molecule has 1 saturated heterocycles. The Bertz CT molecular complexity index is 483. The Morgan fingerprint density at radius 3 is 2.72 bits per heavy atom. The zero-order chi connectivity index (χ0) is 12.7. The minimum atomic E-state index is -0.684. The third-order valence-corrected chi connectivity index (χ3v) is 4.11. The number of aliphatic hydroxyl groups is 1. The van der Waals surface area contributed by atoms with Gasteiger partial charge in [0, 0.05) is 5.92 Å². The van der Waals surface area contributed by atoms with Crippen LogP contribution in [0.25, 0.3) is 0 Å². The summed E-state index contributed by atoms with van der Waals surface area (Å²) in [5.74, 6) is 0.00341. The van der Waals surface area contributed by atoms with Crippen molar-refractivity contribution in [1.29, 1.82) is 0 Å². The fourth-order valence-electron chi connectivity index (χ4n) is 3.07. The molecule has 0 aromatic heterocycles. The Morgan fingerprint density at radius 2 is 2.06 bits per heavy atom. The highest BCUT2D eigenvalue weighted by molar-refractivity contribution is 5.83. The van der Waals surface area contributed by atoms with E-state index < -0.39 is 6.23 Å². The number of amides is 1. The second kappa shape index (κ2) is 4.25. The van der Waals surface area contributed by atoms with Crippen LogP contribution in [0, 0.1) is 11.8 Å². The summed E-state index contributed by atoms with van der Waals surface area (Å²) in [5.41, 5.74) is 1.06. The average molecular weight is 243 g/mol. The van der Waals surface area contributed by atoms with Gasteiger partial charge in [-0.3, -0.25) is 4.79 Å². The minimum Gasteiger partial charge on any atom is -0.373 e. The number of benzene rings is 1. The summed E-state index contributed by atoms with van der Waals surface area (Å²) >= 11 is 0. The number of carbonyl (C=O) groups is 1. The molecule has 1 heterocycles. The Hall–Kier alpha value is -1.61. The van der Waals surface area contributed by atoms with Crippen molar-refractivity contribution in [3.8, 4) is 0 Å². The maximum atomic E-state index is 12.3. The lowest BCUT2D eigenvalue weighted by molar-refractivity contribution is -0.138. The first-order valence-electron chi connectivity index (χ1n) is 6.42. The Balaban J connectivity index is 1.89. The van der Waals surface area contributed by atoms with Gasteiger partial charge in [-0.25, -0.2) is 0 Å². The highest BCUT2D eigenvalue weighted by Gasteiger charge is 2.49. The molecule has 1 fully saturated rings. The number of aliphatic hydroxyl groups excluding tert-OH is 1. The van der Waals surface area contributed by atoms with Gasteiger partial charge in [0.1, 0.15) is 6.23 Å². The van der Waals surface area contributed by atoms with Crippen LogP contribution in [-0.2, 0) is 4.79 Å². The van der Waals surface area contributed by atoms with Gasteiger partial charge in [0.25, 0.3) is 0 Å². The van der Waals surface area contributed by atoms with E-state index in [9.17, 15) is 9.90 Å². The van der Waals surface area contributed by atoms with Crippen molar-refractivity contribution in [2.45, 2.75) is 25.6 Å². The van der Waals surface area contributed by atoms with Crippen molar-refractivity contribution in [2.24, 2.45) is 11.8 Å². The Kier molecular flexibility index (Phi) is 2.71. The predicted octanol–water partition coefficient (Wildman–Crippen LogP) is 2.10. The average Bonchev–Trinajstić information content (AvgIpc) is 2.95. The molecule has 1 aromatic carbocycles. The van der Waals surface area contributed by atoms with Crippen LogP contribution in [0.2, 0.25) is 0 Å². The van der Waals surface area contributed by atoms with Gasteiger partial charge in [-0.15, -0.1) is 0 Å². The van der Waals surface area contributed by atoms with E-state index in [1.165, 1.54) is 0 Å². The molecule has 1 aliphatic heterocycles. The minimum absolute atomic E-state index is 0.0244. The van der Waals surface area contributed by atoms with Gasteiger partial charge in [0.05, 0.1) is 12.0 Å². The molecule has 0 spiro atoms. The van der Waals surface area contributed by atoms with E-state index in [0.29, 0.717) is 0 Å². The van der Waals surface area contributed by atoms with E-state index >= 15 is 0 Å². The number of hydrogen-bond donors (Lipinski definition) is 1. The summed E-state index contributed by atoms with van der Waals surface area (Å²) in [5, 5.41) is 10.3. The van der Waals surface area contributed by atoms with Crippen LogP contribution in [0.1, 0.15) is 24.9 Å². The number of fused-ring (bicyclic) bond motifs is 1. The summed E-state index contributed by atoms with van der Waals surface area (Å²) in [4.78, 5) is 14.0. The molecule has 18 heavy (non-hydrogen) atoms. The first-order valence-corrected chi connectivity index (χ1v) is 6.42. The molecule has 2 aliphatic rings. The van der Waals surface area contributed by atoms with Crippen molar-refractivity contribution in [1.82, 2.24) is 4.90 Å². The third-order valence-electron chi connectivity index (χ3n) is 4.11. The highest BCUT2D eigenvalue weighted by Crippen LogP contribution is 2.41. The maximum Gasteiger partial charge on any atom is 0.229 e. The number of allylic oxidation sites excluding steroid dienone is 1. The molecule has 3 nitrogen and oxygen atoms in total. The number of carbonyl (C=O) groups excluding carboxylic acids is 1. The fraction of sp³-hybridized carbons (Fsp3) is 0.400. The predicted molar refractivity (Wildman–Crippen MR) is 68.4 cm³/mol. The zero-order valence-corrected chi connectivity index (χ0v) is 10.4. The summed E-state index contributed by atoms with van der Waals surface area (Å²) in [7, 11) is 0. The van der Waals surface area contributed by atoms with Gasteiger partial charge in [0.15, 0.2) is 0 Å². The van der Waals surface area contributed by atoms with E-state index in [0.717, 1.165) is 12.0 Å². The molecule has 94 valence electrons. The molecule has 1 amide bonds. The lowest BCUT2D eigenvalue weighted by Gasteiger charge is -2.29. The first kappa shape index (κ1) is 11.5. The van der Waals surface area contributed by atoms with Crippen LogP contribution in [-0.4, -0.2) is 22.1 Å². The van der Waals surface area contributed by atoms with E-state index in [4.69, 9.17) is 0 Å². The summed E-state index contributed by atoms with van der Waals surface area (Å²) < 4.78 is 0. The molecule has 0 unspecified atom stereocenters. The van der Waals surface area contributed by atoms with E-state index in [-0.39, 0.29) is 23.8 Å². The molecule has 1 aromatic rings. The quantitative estimate of drug-likeness (QED) is 0.808. The fourth-order valence-corrected chi connectivity index (χ4v) is 3.07. The summed E-state index contributed by atoms with van der Waals surface area (Å²) in [6.45, 7) is 1.97. The van der Waals surface area contributed by atoms with Gasteiger partial charge in [0.2, 0.25) is 5.91 Å². The van der Waals surface area contributed by atoms with Crippen LogP contribution < -0.4 is 0 Å². The van der Waals surface area contributed by atoms with Crippen molar-refractivity contribution >= 4 is 5.91 Å². The van der Waals surface area contributed by atoms with Gasteiger partial charge < -0.3 is 10.0 Å². The molecule has 3 rings (SSSR count). The molecule has 4 atom stereocenters. The van der Waals surface area contributed by atoms with E-state index in [1.807, 2.05) is 49.4 Å². The number of rotatable bonds is 2. The normalized spacial score (nSPS) is 31.8. The monoisotopic (exact) mass is 243 g/mol. The number of hydrogen-bond acceptors (Lipinski definition) is 2. The molecule has 1 aliphatic carbocycles. The van der Waals surface area contributed by atoms with Gasteiger partial charge >= 0.3 is 0 Å². The second-order valence-electron chi connectivity index (χ2n) is 5.09. The van der Waals surface area contributed by atoms with Crippen LogP contribution in [0.15, 0.2) is 42.5 Å². The Morgan fingerprint density at radius 1 is 1.33 bits per heavy atom. The molecule has 1 N–H and O–H groups in total. The van der Waals surface area contributed by atoms with Crippen molar-refractivity contribution in [3.63, 3.8) is 0 Å². The molecule has 0 saturated carbocycles. The lowest BCUT2D eigenvalue weighted by Crippen LogP contribution is -2.37. The van der Waals surface area contributed by atoms with Crippen LogP contribution >= 0.6 is 0 Å². The van der Waals surface area contributed by atoms with Crippen molar-refractivity contribution in [3.05, 3.63) is 48.0 Å². The second-order valence-corrected chi connectivity index (χ2v) is 5.09. The maximum absolute atomic E-state index is 12.3. The molecule has 0 radical (unpaired) electrons. The summed E-state index contributed by atoms with van der Waals surface area (Å²) in [6, 6.07) is 9.78. The highest BCUT2D eigenvalue weighted by atomic mass is 16.3. The molecular weight excluding hydrogens is 226 g/mol. The smallest absolute Gasteiger partial charge is 0.229 e. The van der Waals surface area contributed by atoms with E-state index in [2.05, 4.69) is 0 Å². The largest absolute Gasteiger partial charge is 0.373 e. The van der Waals surface area contributed by atoms with Gasteiger partial charge in [-0.2, -0.15) is 0 Å². The molecule has 0 bridgehead atoms. The van der Waals surface area contributed by atoms with E-state index in [1.54, 1.807) is 4.90 Å². The molecular formula is C15H17NO2. The van der Waals surface area contributed by atoms with Gasteiger partial charge in [-0.1, -0.05) is 42.5 Å². The van der Waals surface area contributed by atoms with Crippen LogP contribution in [0.4, 0.5) is 0 Å². The van der Waals surface area contributed by atoms with Crippen LogP contribution in [0.5, 0.6) is 0 Å². The van der Waals surface area contributed by atoms with Crippen molar-refractivity contribution in [2.75, 3.05) is 0 Å². The van der Waals surface area contributed by atoms with Gasteiger partial charge in [-0.05, 0) is 18.9 Å². The Labute approximate surface area is 107 Å². The zero-order valence-electron chi connectivity index (χ0n) is 10.4.